The van der Waals surface area contributed by atoms with Crippen molar-refractivity contribution >= 4 is 11.6 Å². The van der Waals surface area contributed by atoms with Gasteiger partial charge >= 0.3 is 0 Å². The number of alkyl halides is 1. The number of benzene rings is 1. The lowest BCUT2D eigenvalue weighted by Crippen LogP contribution is -2.03. The second kappa shape index (κ2) is 4.12. The van der Waals surface area contributed by atoms with Crippen LogP contribution in [0.3, 0.4) is 0 Å². The number of halogens is 1. The fraction of sp³-hybridized carbons (Fsp3) is 0.455. The summed E-state index contributed by atoms with van der Waals surface area (Å²) in [6.45, 7) is 6.15. The molecule has 0 bridgehead atoms. The van der Waals surface area contributed by atoms with Crippen molar-refractivity contribution in [1.82, 2.24) is 0 Å². The standard InChI is InChI=1S/C11H15ClO/c1-7-4-5-10(11(13)6-12)9(3)8(7)2/h4-5,11,13H,6H2,1-3H3. The van der Waals surface area contributed by atoms with Gasteiger partial charge < -0.3 is 5.11 Å². The molecule has 0 spiro atoms. The number of hydrogen-bond acceptors (Lipinski definition) is 1. The van der Waals surface area contributed by atoms with Crippen LogP contribution in [0, 0.1) is 20.8 Å². The molecule has 1 rings (SSSR count). The maximum absolute atomic E-state index is 9.59. The molecule has 0 radical (unpaired) electrons. The predicted octanol–water partition coefficient (Wildman–Crippen LogP) is 2.88. The number of hydrogen-bond donors (Lipinski definition) is 1. The molecule has 0 saturated heterocycles. The topological polar surface area (TPSA) is 20.2 Å². The Morgan fingerprint density at radius 2 is 1.85 bits per heavy atom. The molecule has 0 aromatic heterocycles. The van der Waals surface area contributed by atoms with E-state index in [2.05, 4.69) is 13.8 Å². The zero-order valence-electron chi connectivity index (χ0n) is 8.26. The predicted molar refractivity (Wildman–Crippen MR) is 56.3 cm³/mol. The van der Waals surface area contributed by atoms with Crippen LogP contribution in [0.2, 0.25) is 0 Å². The lowest BCUT2D eigenvalue weighted by Gasteiger charge is -2.14. The Hall–Kier alpha value is -0.530. The summed E-state index contributed by atoms with van der Waals surface area (Å²) >= 11 is 5.60. The molecule has 0 amide bonds. The van der Waals surface area contributed by atoms with Gasteiger partial charge in [0.15, 0.2) is 0 Å². The van der Waals surface area contributed by atoms with Crippen LogP contribution in [0.25, 0.3) is 0 Å². The molecular weight excluding hydrogens is 184 g/mol. The van der Waals surface area contributed by atoms with Crippen LogP contribution >= 0.6 is 11.6 Å². The van der Waals surface area contributed by atoms with Crippen molar-refractivity contribution in [2.75, 3.05) is 5.88 Å². The molecule has 0 aliphatic rings. The summed E-state index contributed by atoms with van der Waals surface area (Å²) in [4.78, 5) is 0. The Bertz CT molecular complexity index is 307. The van der Waals surface area contributed by atoms with Gasteiger partial charge in [-0.15, -0.1) is 11.6 Å². The summed E-state index contributed by atoms with van der Waals surface area (Å²) in [6, 6.07) is 3.97. The first kappa shape index (κ1) is 10.6. The number of rotatable bonds is 2. The van der Waals surface area contributed by atoms with E-state index >= 15 is 0 Å². The Morgan fingerprint density at radius 1 is 1.23 bits per heavy atom. The first-order valence-corrected chi connectivity index (χ1v) is 4.92. The molecule has 13 heavy (non-hydrogen) atoms. The van der Waals surface area contributed by atoms with Gasteiger partial charge in [0, 0.05) is 0 Å². The van der Waals surface area contributed by atoms with Gasteiger partial charge in [-0.3, -0.25) is 0 Å². The second-order valence-electron chi connectivity index (χ2n) is 3.39. The van der Waals surface area contributed by atoms with E-state index in [9.17, 15) is 5.11 Å². The van der Waals surface area contributed by atoms with E-state index in [1.54, 1.807) is 0 Å². The highest BCUT2D eigenvalue weighted by Crippen LogP contribution is 2.23. The molecule has 0 aliphatic carbocycles. The Balaban J connectivity index is 3.18. The lowest BCUT2D eigenvalue weighted by atomic mass is 9.96. The van der Waals surface area contributed by atoms with Gasteiger partial charge in [-0.05, 0) is 43.0 Å². The average Bonchev–Trinajstić information content (AvgIpc) is 2.13. The fourth-order valence-corrected chi connectivity index (χ4v) is 1.59. The van der Waals surface area contributed by atoms with Crippen molar-refractivity contribution < 1.29 is 5.11 Å². The molecule has 1 atom stereocenters. The minimum absolute atomic E-state index is 0.253. The van der Waals surface area contributed by atoms with Crippen LogP contribution in [-0.2, 0) is 0 Å². The molecule has 0 heterocycles. The van der Waals surface area contributed by atoms with Crippen molar-refractivity contribution in [1.29, 1.82) is 0 Å². The molecule has 1 unspecified atom stereocenters. The number of aliphatic hydroxyl groups excluding tert-OH is 1. The van der Waals surface area contributed by atoms with E-state index in [0.29, 0.717) is 0 Å². The van der Waals surface area contributed by atoms with Crippen LogP contribution in [0.15, 0.2) is 12.1 Å². The van der Waals surface area contributed by atoms with Crippen LogP contribution in [-0.4, -0.2) is 11.0 Å². The summed E-state index contributed by atoms with van der Waals surface area (Å²) in [5, 5.41) is 9.59. The number of aliphatic hydroxyl groups is 1. The summed E-state index contributed by atoms with van der Waals surface area (Å²) in [6.07, 6.45) is -0.541. The van der Waals surface area contributed by atoms with Crippen LogP contribution in [0.4, 0.5) is 0 Å². The maximum Gasteiger partial charge on any atom is 0.0927 e. The summed E-state index contributed by atoms with van der Waals surface area (Å²) in [7, 11) is 0. The average molecular weight is 199 g/mol. The third-order valence-corrected chi connectivity index (χ3v) is 2.90. The molecular formula is C11H15ClO. The zero-order valence-corrected chi connectivity index (χ0v) is 9.02. The smallest absolute Gasteiger partial charge is 0.0927 e. The van der Waals surface area contributed by atoms with Gasteiger partial charge in [0.1, 0.15) is 0 Å². The van der Waals surface area contributed by atoms with Gasteiger partial charge in [0.2, 0.25) is 0 Å². The van der Waals surface area contributed by atoms with Crippen molar-refractivity contribution in [2.45, 2.75) is 26.9 Å². The minimum Gasteiger partial charge on any atom is -0.387 e. The largest absolute Gasteiger partial charge is 0.387 e. The lowest BCUT2D eigenvalue weighted by molar-refractivity contribution is 0.202. The highest BCUT2D eigenvalue weighted by atomic mass is 35.5. The van der Waals surface area contributed by atoms with E-state index in [4.69, 9.17) is 11.6 Å². The van der Waals surface area contributed by atoms with E-state index in [1.165, 1.54) is 11.1 Å². The Labute approximate surface area is 84.4 Å². The van der Waals surface area contributed by atoms with Crippen LogP contribution < -0.4 is 0 Å². The van der Waals surface area contributed by atoms with Gasteiger partial charge in [-0.1, -0.05) is 12.1 Å². The molecule has 1 nitrogen and oxygen atoms in total. The molecule has 0 fully saturated rings. The van der Waals surface area contributed by atoms with Gasteiger partial charge in [0.05, 0.1) is 12.0 Å². The zero-order chi connectivity index (χ0) is 10.0. The minimum atomic E-state index is -0.541. The quantitative estimate of drug-likeness (QED) is 0.725. The van der Waals surface area contributed by atoms with E-state index < -0.39 is 6.10 Å². The van der Waals surface area contributed by atoms with Gasteiger partial charge in [0.25, 0.3) is 0 Å². The van der Waals surface area contributed by atoms with Crippen molar-refractivity contribution in [2.24, 2.45) is 0 Å². The first-order chi connectivity index (χ1) is 6.07. The molecule has 0 saturated carbocycles. The second-order valence-corrected chi connectivity index (χ2v) is 3.70. The fourth-order valence-electron chi connectivity index (χ4n) is 1.42. The normalized spacial score (nSPS) is 13.0. The Morgan fingerprint density at radius 3 is 2.38 bits per heavy atom. The van der Waals surface area contributed by atoms with Gasteiger partial charge in [-0.2, -0.15) is 0 Å². The number of aryl methyl sites for hydroxylation is 1. The van der Waals surface area contributed by atoms with Gasteiger partial charge in [-0.25, -0.2) is 0 Å². The van der Waals surface area contributed by atoms with E-state index in [0.717, 1.165) is 11.1 Å². The summed E-state index contributed by atoms with van der Waals surface area (Å²) in [5.41, 5.74) is 4.58. The van der Waals surface area contributed by atoms with E-state index in [-0.39, 0.29) is 5.88 Å². The summed E-state index contributed by atoms with van der Waals surface area (Å²) in [5.74, 6) is 0.253. The molecule has 2 heteroatoms. The van der Waals surface area contributed by atoms with Crippen LogP contribution in [0.5, 0.6) is 0 Å². The van der Waals surface area contributed by atoms with Crippen LogP contribution in [0.1, 0.15) is 28.4 Å². The summed E-state index contributed by atoms with van der Waals surface area (Å²) < 4.78 is 0. The Kier molecular flexibility index (Phi) is 3.34. The highest BCUT2D eigenvalue weighted by Gasteiger charge is 2.10. The highest BCUT2D eigenvalue weighted by molar-refractivity contribution is 6.18. The molecule has 72 valence electrons. The van der Waals surface area contributed by atoms with Crippen molar-refractivity contribution in [3.05, 3.63) is 34.4 Å². The first-order valence-electron chi connectivity index (χ1n) is 4.38. The monoisotopic (exact) mass is 198 g/mol. The molecule has 1 aromatic carbocycles. The SMILES string of the molecule is Cc1ccc(C(O)CCl)c(C)c1C. The molecule has 1 aromatic rings. The van der Waals surface area contributed by atoms with Crippen molar-refractivity contribution in [3.63, 3.8) is 0 Å². The molecule has 1 N–H and O–H groups in total. The maximum atomic E-state index is 9.59. The van der Waals surface area contributed by atoms with E-state index in [1.807, 2.05) is 19.1 Å². The molecule has 0 aliphatic heterocycles. The third kappa shape index (κ3) is 2.04. The van der Waals surface area contributed by atoms with Crippen molar-refractivity contribution in [3.8, 4) is 0 Å². The third-order valence-electron chi connectivity index (χ3n) is 2.61.